The molecule has 0 fully saturated rings. The van der Waals surface area contributed by atoms with E-state index in [-0.39, 0.29) is 0 Å². The van der Waals surface area contributed by atoms with Crippen LogP contribution in [0.4, 0.5) is 0 Å². The van der Waals surface area contributed by atoms with Gasteiger partial charge in [-0.2, -0.15) is 0 Å². The molecule has 0 saturated carbocycles. The molecule has 0 aromatic heterocycles. The maximum absolute atomic E-state index is 11.0. The number of hydrogen-bond donors (Lipinski definition) is 1. The number of carbonyl (C=O) groups is 1. The number of allylic oxidation sites excluding steroid dienone is 4. The van der Waals surface area contributed by atoms with Gasteiger partial charge >= 0.3 is 5.97 Å². The summed E-state index contributed by atoms with van der Waals surface area (Å²) in [6.45, 7) is 2.64. The molecule has 1 heterocycles. The zero-order valence-electron chi connectivity index (χ0n) is 8.40. The highest BCUT2D eigenvalue weighted by molar-refractivity contribution is 6.30. The van der Waals surface area contributed by atoms with Crippen molar-refractivity contribution in [1.82, 2.24) is 4.90 Å². The first-order valence-electron chi connectivity index (χ1n) is 4.90. The van der Waals surface area contributed by atoms with Crippen molar-refractivity contribution in [1.29, 1.82) is 0 Å². The van der Waals surface area contributed by atoms with E-state index in [9.17, 15) is 4.79 Å². The van der Waals surface area contributed by atoms with Gasteiger partial charge in [0, 0.05) is 23.7 Å². The van der Waals surface area contributed by atoms with E-state index in [1.165, 1.54) is 0 Å². The van der Waals surface area contributed by atoms with Crippen LogP contribution in [0.5, 0.6) is 0 Å². The van der Waals surface area contributed by atoms with Crippen LogP contribution in [0.2, 0.25) is 0 Å². The molecule has 15 heavy (non-hydrogen) atoms. The summed E-state index contributed by atoms with van der Waals surface area (Å²) in [5.41, 5.74) is 2.02. The molecule has 1 N–H and O–H groups in total. The van der Waals surface area contributed by atoms with Crippen LogP contribution in [-0.4, -0.2) is 28.6 Å². The van der Waals surface area contributed by atoms with Crippen molar-refractivity contribution in [3.05, 3.63) is 34.5 Å². The fourth-order valence-corrected chi connectivity index (χ4v) is 2.24. The van der Waals surface area contributed by atoms with Gasteiger partial charge < -0.3 is 10.0 Å². The minimum Gasteiger partial charge on any atom is -0.479 e. The maximum atomic E-state index is 11.0. The van der Waals surface area contributed by atoms with Crippen LogP contribution in [0.15, 0.2) is 34.5 Å². The summed E-state index contributed by atoms with van der Waals surface area (Å²) in [5.74, 6) is -0.809. The third-order valence-corrected chi connectivity index (χ3v) is 2.97. The van der Waals surface area contributed by atoms with E-state index in [2.05, 4.69) is 0 Å². The van der Waals surface area contributed by atoms with Gasteiger partial charge in [-0.15, -0.1) is 0 Å². The lowest BCUT2D eigenvalue weighted by atomic mass is 10.1. The van der Waals surface area contributed by atoms with E-state index in [0.717, 1.165) is 16.3 Å². The Morgan fingerprint density at radius 2 is 2.40 bits per heavy atom. The van der Waals surface area contributed by atoms with E-state index in [1.807, 2.05) is 24.0 Å². The summed E-state index contributed by atoms with van der Waals surface area (Å²) >= 11 is 5.91. The Morgan fingerprint density at radius 3 is 3.00 bits per heavy atom. The molecule has 0 saturated heterocycles. The van der Waals surface area contributed by atoms with Gasteiger partial charge in [-0.1, -0.05) is 11.6 Å². The van der Waals surface area contributed by atoms with Gasteiger partial charge in [0.1, 0.15) is 6.04 Å². The van der Waals surface area contributed by atoms with E-state index < -0.39 is 12.0 Å². The van der Waals surface area contributed by atoms with E-state index in [1.54, 1.807) is 6.08 Å². The number of halogens is 1. The summed E-state index contributed by atoms with van der Waals surface area (Å²) in [6, 6.07) is -0.535. The Kier molecular flexibility index (Phi) is 2.57. The fourth-order valence-electron chi connectivity index (χ4n) is 2.03. The summed E-state index contributed by atoms with van der Waals surface area (Å²) < 4.78 is 0. The third-order valence-electron chi connectivity index (χ3n) is 2.71. The predicted molar refractivity (Wildman–Crippen MR) is 58.5 cm³/mol. The second-order valence-electron chi connectivity index (χ2n) is 3.60. The number of aliphatic carboxylic acids is 1. The fraction of sp³-hybridized carbons (Fsp3) is 0.364. The quantitative estimate of drug-likeness (QED) is 0.783. The molecule has 0 amide bonds. The summed E-state index contributed by atoms with van der Waals surface area (Å²) in [7, 11) is 0. The van der Waals surface area contributed by atoms with Gasteiger partial charge in [0.2, 0.25) is 0 Å². The zero-order chi connectivity index (χ0) is 11.0. The van der Waals surface area contributed by atoms with Crippen LogP contribution >= 0.6 is 11.6 Å². The Morgan fingerprint density at radius 1 is 1.67 bits per heavy atom. The molecule has 3 nitrogen and oxygen atoms in total. The number of fused-ring (bicyclic) bond motifs is 1. The van der Waals surface area contributed by atoms with E-state index >= 15 is 0 Å². The lowest BCUT2D eigenvalue weighted by Gasteiger charge is -2.25. The van der Waals surface area contributed by atoms with Crippen LogP contribution in [0.25, 0.3) is 0 Å². The molecule has 0 bridgehead atoms. The minimum absolute atomic E-state index is 0.535. The SMILES string of the molecule is CCN1C2=CC=C(Cl)CC2=CC1C(=O)O. The molecule has 1 atom stereocenters. The normalized spacial score (nSPS) is 24.3. The second-order valence-corrected chi connectivity index (χ2v) is 4.09. The molecular formula is C11H12ClNO2. The van der Waals surface area contributed by atoms with Crippen molar-refractivity contribution >= 4 is 17.6 Å². The predicted octanol–water partition coefficient (Wildman–Crippen LogP) is 2.11. The Bertz CT molecular complexity index is 395. The number of hydrogen-bond acceptors (Lipinski definition) is 2. The molecule has 4 heteroatoms. The average molecular weight is 226 g/mol. The van der Waals surface area contributed by atoms with E-state index in [4.69, 9.17) is 16.7 Å². The molecule has 0 aromatic rings. The summed E-state index contributed by atoms with van der Waals surface area (Å²) in [5, 5.41) is 9.82. The van der Waals surface area contributed by atoms with Crippen LogP contribution in [-0.2, 0) is 4.79 Å². The van der Waals surface area contributed by atoms with Crippen molar-refractivity contribution in [2.45, 2.75) is 19.4 Å². The lowest BCUT2D eigenvalue weighted by Crippen LogP contribution is -2.35. The minimum atomic E-state index is -0.809. The molecule has 80 valence electrons. The average Bonchev–Trinajstić information content (AvgIpc) is 2.55. The van der Waals surface area contributed by atoms with Gasteiger partial charge in [0.25, 0.3) is 0 Å². The Balaban J connectivity index is 2.36. The highest BCUT2D eigenvalue weighted by Gasteiger charge is 2.33. The first-order valence-corrected chi connectivity index (χ1v) is 5.28. The molecule has 0 aromatic carbocycles. The summed E-state index contributed by atoms with van der Waals surface area (Å²) in [4.78, 5) is 12.9. The Labute approximate surface area is 93.3 Å². The van der Waals surface area contributed by atoms with E-state index in [0.29, 0.717) is 13.0 Å². The Hall–Kier alpha value is -1.22. The van der Waals surface area contributed by atoms with Gasteiger partial charge in [0.05, 0.1) is 0 Å². The number of likely N-dealkylation sites (N-methyl/N-ethyl adjacent to an activating group) is 1. The number of rotatable bonds is 2. The smallest absolute Gasteiger partial charge is 0.330 e. The molecule has 0 spiro atoms. The first kappa shape index (κ1) is 10.3. The molecule has 1 aliphatic heterocycles. The molecule has 2 rings (SSSR count). The zero-order valence-corrected chi connectivity index (χ0v) is 9.16. The molecule has 0 radical (unpaired) electrons. The van der Waals surface area contributed by atoms with Gasteiger partial charge in [-0.05, 0) is 30.7 Å². The number of carboxylic acids is 1. The maximum Gasteiger partial charge on any atom is 0.330 e. The monoisotopic (exact) mass is 225 g/mol. The highest BCUT2D eigenvalue weighted by atomic mass is 35.5. The first-order chi connectivity index (χ1) is 7.13. The van der Waals surface area contributed by atoms with Crippen LogP contribution in [0.3, 0.4) is 0 Å². The third kappa shape index (κ3) is 1.67. The van der Waals surface area contributed by atoms with Gasteiger partial charge in [-0.25, -0.2) is 4.79 Å². The largest absolute Gasteiger partial charge is 0.479 e. The highest BCUT2D eigenvalue weighted by Crippen LogP contribution is 2.35. The van der Waals surface area contributed by atoms with Gasteiger partial charge in [0.15, 0.2) is 0 Å². The number of nitrogens with zero attached hydrogens (tertiary/aromatic N) is 1. The van der Waals surface area contributed by atoms with Crippen molar-refractivity contribution < 1.29 is 9.90 Å². The lowest BCUT2D eigenvalue weighted by molar-refractivity contribution is -0.140. The van der Waals surface area contributed by atoms with Gasteiger partial charge in [-0.3, -0.25) is 0 Å². The second kappa shape index (κ2) is 3.74. The van der Waals surface area contributed by atoms with Crippen LogP contribution in [0, 0.1) is 0 Å². The van der Waals surface area contributed by atoms with Crippen molar-refractivity contribution in [3.8, 4) is 0 Å². The molecular weight excluding hydrogens is 214 g/mol. The van der Waals surface area contributed by atoms with Crippen LogP contribution in [0.1, 0.15) is 13.3 Å². The van der Waals surface area contributed by atoms with Crippen molar-refractivity contribution in [3.63, 3.8) is 0 Å². The molecule has 1 unspecified atom stereocenters. The summed E-state index contributed by atoms with van der Waals surface area (Å²) in [6.07, 6.45) is 6.16. The van der Waals surface area contributed by atoms with Crippen LogP contribution < -0.4 is 0 Å². The van der Waals surface area contributed by atoms with Crippen molar-refractivity contribution in [2.24, 2.45) is 0 Å². The topological polar surface area (TPSA) is 40.5 Å². The molecule has 1 aliphatic carbocycles. The molecule has 2 aliphatic rings. The standard InChI is InChI=1S/C11H12ClNO2/c1-2-13-9-4-3-8(12)5-7(9)6-10(13)11(14)15/h3-4,6,10H,2,5H2,1H3,(H,14,15). The van der Waals surface area contributed by atoms with Crippen molar-refractivity contribution in [2.75, 3.05) is 6.54 Å². The number of carboxylic acid groups (broad SMARTS) is 1.